The molecule has 0 bridgehead atoms. The molecule has 1 aliphatic heterocycles. The van der Waals surface area contributed by atoms with E-state index in [4.69, 9.17) is 0 Å². The molecule has 2 aliphatic rings. The number of nitrogens with zero attached hydrogens (tertiary/aromatic N) is 3. The van der Waals surface area contributed by atoms with Gasteiger partial charge in [0.2, 0.25) is 5.91 Å². The first-order chi connectivity index (χ1) is 14.0. The van der Waals surface area contributed by atoms with E-state index in [2.05, 4.69) is 38.1 Å². The van der Waals surface area contributed by atoms with Gasteiger partial charge in [0, 0.05) is 43.0 Å². The fourth-order valence-electron chi connectivity index (χ4n) is 4.08. The molecule has 2 aromatic heterocycles. The molecule has 3 heterocycles. The van der Waals surface area contributed by atoms with E-state index in [1.165, 1.54) is 18.4 Å². The summed E-state index contributed by atoms with van der Waals surface area (Å²) in [6.45, 7) is 3.40. The van der Waals surface area contributed by atoms with Crippen LogP contribution in [0.4, 0.5) is 0 Å². The van der Waals surface area contributed by atoms with Gasteiger partial charge in [0.05, 0.1) is 9.99 Å². The molecule has 2 fully saturated rings. The van der Waals surface area contributed by atoms with Crippen LogP contribution in [-0.4, -0.2) is 45.8 Å². The zero-order valence-electron chi connectivity index (χ0n) is 16.5. The second-order valence-electron chi connectivity index (χ2n) is 8.03. The normalized spacial score (nSPS) is 22.0. The van der Waals surface area contributed by atoms with Crippen molar-refractivity contribution in [3.05, 3.63) is 46.3 Å². The number of fused-ring (bicyclic) bond motifs is 1. The third-order valence-corrected chi connectivity index (χ3v) is 6.53. The molecule has 7 heteroatoms. The second kappa shape index (κ2) is 8.61. The summed E-state index contributed by atoms with van der Waals surface area (Å²) in [4.78, 5) is 36.0. The number of hydrogen-bond donors (Lipinski definition) is 1. The molecular weight excluding hydrogens is 432 g/mol. The van der Waals surface area contributed by atoms with Crippen molar-refractivity contribution in [2.24, 2.45) is 5.92 Å². The Bertz CT molecular complexity index is 966. The molecule has 6 nitrogen and oxygen atoms in total. The van der Waals surface area contributed by atoms with Gasteiger partial charge in [0.15, 0.2) is 0 Å². The molecule has 2 atom stereocenters. The number of hydrogen-bond acceptors (Lipinski definition) is 4. The largest absolute Gasteiger partial charge is 0.346 e. The number of rotatable bonds is 3. The Morgan fingerprint density at radius 1 is 1.24 bits per heavy atom. The lowest BCUT2D eigenvalue weighted by Gasteiger charge is -2.37. The lowest BCUT2D eigenvalue weighted by atomic mass is 9.93. The summed E-state index contributed by atoms with van der Waals surface area (Å²) in [5, 5.41) is 3.97. The molecule has 2 aromatic rings. The lowest BCUT2D eigenvalue weighted by molar-refractivity contribution is -0.127. The molecule has 2 amide bonds. The number of likely N-dealkylation sites (tertiary alicyclic amines) is 1. The zero-order valence-corrected chi connectivity index (χ0v) is 18.1. The van der Waals surface area contributed by atoms with Crippen molar-refractivity contribution in [1.29, 1.82) is 0 Å². The number of aromatic nitrogens is 2. The zero-order chi connectivity index (χ0) is 20.4. The average molecular weight is 457 g/mol. The number of nitrogens with one attached hydrogen (secondary N) is 1. The molecule has 1 saturated carbocycles. The van der Waals surface area contributed by atoms with Gasteiger partial charge in [-0.05, 0) is 66.1 Å². The molecule has 1 aliphatic carbocycles. The van der Waals surface area contributed by atoms with E-state index in [1.807, 2.05) is 17.0 Å². The first-order valence-electron chi connectivity index (χ1n) is 10.2. The summed E-state index contributed by atoms with van der Waals surface area (Å²) in [6.07, 6.45) is 10.5. The van der Waals surface area contributed by atoms with Crippen LogP contribution in [0.2, 0.25) is 0 Å². The van der Waals surface area contributed by atoms with Crippen molar-refractivity contribution in [2.75, 3.05) is 13.1 Å². The maximum Gasteiger partial charge on any atom is 0.270 e. The van der Waals surface area contributed by atoms with E-state index in [1.54, 1.807) is 18.5 Å². The van der Waals surface area contributed by atoms with Crippen LogP contribution in [0.1, 0.15) is 49.5 Å². The van der Waals surface area contributed by atoms with Crippen LogP contribution in [0.3, 0.4) is 0 Å². The standard InChI is InChI=1S/C22H25BrN4O2/c1-14-8-9-27(20(28)10-15-4-2-3-5-15)13-19(14)26-22(29)18-7-6-16-11-24-12-17(23)21(16)25-18/h6-7,10-12,14,19H,2-5,8-9,13H2,1H3,(H,26,29). The maximum atomic E-state index is 12.8. The van der Waals surface area contributed by atoms with Crippen LogP contribution in [0, 0.1) is 5.92 Å². The van der Waals surface area contributed by atoms with E-state index in [0.717, 1.165) is 35.7 Å². The van der Waals surface area contributed by atoms with Crippen molar-refractivity contribution in [3.63, 3.8) is 0 Å². The summed E-state index contributed by atoms with van der Waals surface area (Å²) in [7, 11) is 0. The molecule has 0 spiro atoms. The Hall–Kier alpha value is -2.28. The van der Waals surface area contributed by atoms with Crippen LogP contribution in [0.15, 0.2) is 40.6 Å². The minimum Gasteiger partial charge on any atom is -0.346 e. The highest BCUT2D eigenvalue weighted by Gasteiger charge is 2.30. The highest BCUT2D eigenvalue weighted by Crippen LogP contribution is 2.25. The van der Waals surface area contributed by atoms with Crippen LogP contribution >= 0.6 is 15.9 Å². The lowest BCUT2D eigenvalue weighted by Crippen LogP contribution is -2.53. The van der Waals surface area contributed by atoms with E-state index in [-0.39, 0.29) is 17.9 Å². The SMILES string of the molecule is CC1CCN(C(=O)C=C2CCCC2)CC1NC(=O)c1ccc2cncc(Br)c2n1. The molecule has 0 radical (unpaired) electrons. The van der Waals surface area contributed by atoms with Gasteiger partial charge in [0.1, 0.15) is 5.69 Å². The summed E-state index contributed by atoms with van der Waals surface area (Å²) < 4.78 is 0.757. The van der Waals surface area contributed by atoms with Crippen LogP contribution in [0.5, 0.6) is 0 Å². The van der Waals surface area contributed by atoms with Crippen LogP contribution in [0.25, 0.3) is 10.9 Å². The Labute approximate surface area is 178 Å². The van der Waals surface area contributed by atoms with Crippen LogP contribution < -0.4 is 5.32 Å². The van der Waals surface area contributed by atoms with Gasteiger partial charge in [0.25, 0.3) is 5.91 Å². The topological polar surface area (TPSA) is 75.2 Å². The Morgan fingerprint density at radius 2 is 2.03 bits per heavy atom. The third kappa shape index (κ3) is 4.50. The van der Waals surface area contributed by atoms with Crippen molar-refractivity contribution in [2.45, 2.75) is 45.1 Å². The van der Waals surface area contributed by atoms with Gasteiger partial charge in [-0.2, -0.15) is 0 Å². The number of halogens is 1. The molecule has 29 heavy (non-hydrogen) atoms. The van der Waals surface area contributed by atoms with Gasteiger partial charge in [-0.1, -0.05) is 12.5 Å². The maximum absolute atomic E-state index is 12.8. The van der Waals surface area contributed by atoms with E-state index in [0.29, 0.717) is 23.7 Å². The van der Waals surface area contributed by atoms with Gasteiger partial charge in [-0.15, -0.1) is 0 Å². The third-order valence-electron chi connectivity index (χ3n) is 5.95. The minimum atomic E-state index is -0.212. The number of amides is 2. The molecule has 1 N–H and O–H groups in total. The van der Waals surface area contributed by atoms with Crippen molar-refractivity contribution < 1.29 is 9.59 Å². The van der Waals surface area contributed by atoms with Gasteiger partial charge >= 0.3 is 0 Å². The van der Waals surface area contributed by atoms with Gasteiger partial charge in [-0.3, -0.25) is 14.6 Å². The molecular formula is C22H25BrN4O2. The van der Waals surface area contributed by atoms with E-state index < -0.39 is 0 Å². The molecule has 1 saturated heterocycles. The number of carbonyl (C=O) groups is 2. The molecule has 4 rings (SSSR count). The van der Waals surface area contributed by atoms with Crippen LogP contribution in [-0.2, 0) is 4.79 Å². The van der Waals surface area contributed by atoms with E-state index >= 15 is 0 Å². The van der Waals surface area contributed by atoms with Gasteiger partial charge in [-0.25, -0.2) is 4.98 Å². The fraction of sp³-hybridized carbons (Fsp3) is 0.455. The predicted octanol–water partition coefficient (Wildman–Crippen LogP) is 3.86. The smallest absolute Gasteiger partial charge is 0.270 e. The number of carbonyl (C=O) groups excluding carboxylic acids is 2. The van der Waals surface area contributed by atoms with Crippen molar-refractivity contribution in [1.82, 2.24) is 20.2 Å². The monoisotopic (exact) mass is 456 g/mol. The number of allylic oxidation sites excluding steroid dienone is 1. The highest BCUT2D eigenvalue weighted by atomic mass is 79.9. The van der Waals surface area contributed by atoms with Gasteiger partial charge < -0.3 is 10.2 Å². The predicted molar refractivity (Wildman–Crippen MR) is 115 cm³/mol. The molecule has 152 valence electrons. The Balaban J connectivity index is 1.46. The summed E-state index contributed by atoms with van der Waals surface area (Å²) in [5.74, 6) is 0.169. The molecule has 0 aromatic carbocycles. The fourth-order valence-corrected chi connectivity index (χ4v) is 4.51. The number of pyridine rings is 2. The Kier molecular flexibility index (Phi) is 5.94. The summed E-state index contributed by atoms with van der Waals surface area (Å²) >= 11 is 3.44. The minimum absolute atomic E-state index is 0.0771. The number of piperidine rings is 1. The highest BCUT2D eigenvalue weighted by molar-refractivity contribution is 9.10. The molecule has 2 unspecified atom stereocenters. The summed E-state index contributed by atoms with van der Waals surface area (Å²) in [5.41, 5.74) is 2.34. The first-order valence-corrected chi connectivity index (χ1v) is 11.0. The second-order valence-corrected chi connectivity index (χ2v) is 8.88. The Morgan fingerprint density at radius 3 is 2.83 bits per heavy atom. The quantitative estimate of drug-likeness (QED) is 0.711. The summed E-state index contributed by atoms with van der Waals surface area (Å²) in [6, 6.07) is 3.48. The first kappa shape index (κ1) is 20.0. The van der Waals surface area contributed by atoms with E-state index in [9.17, 15) is 9.59 Å². The average Bonchev–Trinajstić information content (AvgIpc) is 3.22. The van der Waals surface area contributed by atoms with Crippen molar-refractivity contribution in [3.8, 4) is 0 Å². The van der Waals surface area contributed by atoms with Crippen molar-refractivity contribution >= 4 is 38.6 Å².